The molecule has 0 unspecified atom stereocenters. The predicted octanol–water partition coefficient (Wildman–Crippen LogP) is 5.15. The van der Waals surface area contributed by atoms with Gasteiger partial charge in [-0.1, -0.05) is 48.9 Å². The molecular weight excluding hydrogens is 255 g/mol. The van der Waals surface area contributed by atoms with Gasteiger partial charge in [-0.05, 0) is 30.5 Å². The summed E-state index contributed by atoms with van der Waals surface area (Å²) in [7, 11) is 0. The molecule has 1 fully saturated rings. The van der Waals surface area contributed by atoms with Crippen LogP contribution in [0.25, 0.3) is 0 Å². The number of Topliss-reactive ketones (excluding diaryl/α,β-unsaturated/α-hetero) is 1. The minimum Gasteiger partial charge on any atom is -0.294 e. The Morgan fingerprint density at radius 3 is 2.59 bits per heavy atom. The molecule has 0 radical (unpaired) electrons. The van der Waals surface area contributed by atoms with Crippen LogP contribution in [0.2, 0.25) is 10.0 Å². The van der Waals surface area contributed by atoms with E-state index in [9.17, 15) is 4.79 Å². The lowest BCUT2D eigenvalue weighted by molar-refractivity contribution is 0.0974. The molecule has 0 atom stereocenters. The van der Waals surface area contributed by atoms with Gasteiger partial charge < -0.3 is 0 Å². The van der Waals surface area contributed by atoms with E-state index < -0.39 is 0 Å². The Morgan fingerprint density at radius 2 is 1.94 bits per heavy atom. The van der Waals surface area contributed by atoms with Gasteiger partial charge in [0, 0.05) is 17.0 Å². The first-order valence-electron chi connectivity index (χ1n) is 6.15. The first-order chi connectivity index (χ1) is 8.16. The smallest absolute Gasteiger partial charge is 0.164 e. The zero-order chi connectivity index (χ0) is 12.3. The van der Waals surface area contributed by atoms with Crippen LogP contribution >= 0.6 is 23.2 Å². The molecule has 0 amide bonds. The second-order valence-corrected chi connectivity index (χ2v) is 5.58. The summed E-state index contributed by atoms with van der Waals surface area (Å²) in [5.74, 6) is 0.878. The van der Waals surface area contributed by atoms with Gasteiger partial charge in [-0.3, -0.25) is 4.79 Å². The molecule has 1 aliphatic carbocycles. The topological polar surface area (TPSA) is 17.1 Å². The fraction of sp³-hybridized carbons (Fsp3) is 0.500. The minimum atomic E-state index is 0.138. The average molecular weight is 271 g/mol. The molecule has 0 heterocycles. The normalized spacial score (nSPS) is 16.4. The summed E-state index contributed by atoms with van der Waals surface area (Å²) in [5, 5.41) is 1.04. The molecule has 17 heavy (non-hydrogen) atoms. The fourth-order valence-corrected chi connectivity index (χ4v) is 3.00. The van der Waals surface area contributed by atoms with Crippen molar-refractivity contribution in [1.29, 1.82) is 0 Å². The van der Waals surface area contributed by atoms with Gasteiger partial charge >= 0.3 is 0 Å². The van der Waals surface area contributed by atoms with Crippen molar-refractivity contribution in [2.75, 3.05) is 0 Å². The lowest BCUT2D eigenvalue weighted by Crippen LogP contribution is -2.03. The molecule has 1 aromatic carbocycles. The van der Waals surface area contributed by atoms with Gasteiger partial charge in [-0.2, -0.15) is 0 Å². The number of ketones is 1. The molecule has 1 nitrogen and oxygen atoms in total. The van der Waals surface area contributed by atoms with Crippen molar-refractivity contribution in [3.05, 3.63) is 33.8 Å². The SMILES string of the molecule is O=C(CCC1CCCC1)c1ccc(Cl)cc1Cl. The Bertz CT molecular complexity index is 409. The van der Waals surface area contributed by atoms with Gasteiger partial charge in [0.25, 0.3) is 0 Å². The standard InChI is InChI=1S/C14H16Cl2O/c15-11-6-7-12(13(16)9-11)14(17)8-5-10-3-1-2-4-10/h6-7,9-10H,1-5,8H2. The van der Waals surface area contributed by atoms with Gasteiger partial charge in [0.15, 0.2) is 5.78 Å². The van der Waals surface area contributed by atoms with Crippen molar-refractivity contribution >= 4 is 29.0 Å². The van der Waals surface area contributed by atoms with E-state index in [1.807, 2.05) is 0 Å². The zero-order valence-corrected chi connectivity index (χ0v) is 11.2. The number of carbonyl (C=O) groups is 1. The lowest BCUT2D eigenvalue weighted by atomic mass is 9.97. The minimum absolute atomic E-state index is 0.138. The largest absolute Gasteiger partial charge is 0.294 e. The summed E-state index contributed by atoms with van der Waals surface area (Å²) < 4.78 is 0. The third-order valence-corrected chi connectivity index (χ3v) is 4.03. The summed E-state index contributed by atoms with van der Waals surface area (Å²) in [4.78, 5) is 12.0. The van der Waals surface area contributed by atoms with Gasteiger partial charge in [-0.25, -0.2) is 0 Å². The molecule has 3 heteroatoms. The summed E-state index contributed by atoms with van der Waals surface area (Å²) in [6.45, 7) is 0. The maximum Gasteiger partial charge on any atom is 0.164 e. The van der Waals surface area contributed by atoms with E-state index in [1.165, 1.54) is 25.7 Å². The molecule has 1 aromatic rings. The van der Waals surface area contributed by atoms with Crippen molar-refractivity contribution in [1.82, 2.24) is 0 Å². The Kier molecular flexibility index (Phi) is 4.47. The lowest BCUT2D eigenvalue weighted by Gasteiger charge is -2.08. The quantitative estimate of drug-likeness (QED) is 0.692. The van der Waals surface area contributed by atoms with E-state index in [0.717, 1.165) is 12.3 Å². The molecule has 2 rings (SSSR count). The number of halogens is 2. The highest BCUT2D eigenvalue weighted by molar-refractivity contribution is 6.36. The molecule has 1 saturated carbocycles. The Hall–Kier alpha value is -0.530. The van der Waals surface area contributed by atoms with Crippen molar-refractivity contribution in [3.63, 3.8) is 0 Å². The summed E-state index contributed by atoms with van der Waals surface area (Å²) >= 11 is 11.8. The van der Waals surface area contributed by atoms with Crippen molar-refractivity contribution in [2.45, 2.75) is 38.5 Å². The monoisotopic (exact) mass is 270 g/mol. The summed E-state index contributed by atoms with van der Waals surface area (Å²) in [5.41, 5.74) is 0.606. The third-order valence-electron chi connectivity index (χ3n) is 3.49. The third kappa shape index (κ3) is 3.46. The van der Waals surface area contributed by atoms with Gasteiger partial charge in [0.1, 0.15) is 0 Å². The number of carbonyl (C=O) groups excluding carboxylic acids is 1. The van der Waals surface area contributed by atoms with E-state index in [0.29, 0.717) is 22.0 Å². The van der Waals surface area contributed by atoms with Gasteiger partial charge in [0.2, 0.25) is 0 Å². The van der Waals surface area contributed by atoms with E-state index >= 15 is 0 Å². The number of hydrogen-bond acceptors (Lipinski definition) is 1. The highest BCUT2D eigenvalue weighted by Gasteiger charge is 2.17. The van der Waals surface area contributed by atoms with E-state index in [-0.39, 0.29) is 5.78 Å². The predicted molar refractivity (Wildman–Crippen MR) is 72.0 cm³/mol. The van der Waals surface area contributed by atoms with Crippen molar-refractivity contribution < 1.29 is 4.79 Å². The van der Waals surface area contributed by atoms with Crippen LogP contribution < -0.4 is 0 Å². The second-order valence-electron chi connectivity index (χ2n) is 4.74. The molecule has 0 N–H and O–H groups in total. The number of hydrogen-bond donors (Lipinski definition) is 0. The molecule has 1 aliphatic rings. The molecule has 92 valence electrons. The fourth-order valence-electron chi connectivity index (χ4n) is 2.48. The molecule has 0 aliphatic heterocycles. The number of rotatable bonds is 4. The Balaban J connectivity index is 1.94. The zero-order valence-electron chi connectivity index (χ0n) is 9.72. The highest BCUT2D eigenvalue weighted by atomic mass is 35.5. The summed E-state index contributed by atoms with van der Waals surface area (Å²) in [6, 6.07) is 5.07. The van der Waals surface area contributed by atoms with E-state index in [2.05, 4.69) is 0 Å². The molecule has 0 spiro atoms. The maximum atomic E-state index is 12.0. The van der Waals surface area contributed by atoms with Crippen LogP contribution in [0.1, 0.15) is 48.9 Å². The molecular formula is C14H16Cl2O. The maximum absolute atomic E-state index is 12.0. The molecule has 0 bridgehead atoms. The Morgan fingerprint density at radius 1 is 1.24 bits per heavy atom. The Labute approximate surface area is 112 Å². The van der Waals surface area contributed by atoms with Crippen LogP contribution in [0, 0.1) is 5.92 Å². The van der Waals surface area contributed by atoms with Crippen LogP contribution in [-0.4, -0.2) is 5.78 Å². The highest BCUT2D eigenvalue weighted by Crippen LogP contribution is 2.30. The van der Waals surface area contributed by atoms with Crippen LogP contribution in [0.5, 0.6) is 0 Å². The van der Waals surface area contributed by atoms with Gasteiger partial charge in [-0.15, -0.1) is 0 Å². The van der Waals surface area contributed by atoms with Crippen molar-refractivity contribution in [3.8, 4) is 0 Å². The van der Waals surface area contributed by atoms with Crippen LogP contribution in [0.3, 0.4) is 0 Å². The van der Waals surface area contributed by atoms with E-state index in [4.69, 9.17) is 23.2 Å². The van der Waals surface area contributed by atoms with E-state index in [1.54, 1.807) is 18.2 Å². The van der Waals surface area contributed by atoms with Crippen LogP contribution in [0.4, 0.5) is 0 Å². The van der Waals surface area contributed by atoms with Crippen LogP contribution in [0.15, 0.2) is 18.2 Å². The summed E-state index contributed by atoms with van der Waals surface area (Å²) in [6.07, 6.45) is 6.80. The van der Waals surface area contributed by atoms with Gasteiger partial charge in [0.05, 0.1) is 5.02 Å². The van der Waals surface area contributed by atoms with Crippen LogP contribution in [-0.2, 0) is 0 Å². The first kappa shape index (κ1) is 12.9. The first-order valence-corrected chi connectivity index (χ1v) is 6.90. The number of benzene rings is 1. The second kappa shape index (κ2) is 5.88. The van der Waals surface area contributed by atoms with Crippen molar-refractivity contribution in [2.24, 2.45) is 5.92 Å². The average Bonchev–Trinajstić information content (AvgIpc) is 2.78. The molecule has 0 saturated heterocycles. The molecule has 0 aromatic heterocycles.